The zero-order valence-corrected chi connectivity index (χ0v) is 16.2. The zero-order valence-electron chi connectivity index (χ0n) is 14.1. The SMILES string of the molecule is OCC(I)CC(F)(OC(F)(F)C(F)(OC(F)(F)C(F)(F)C(F)(F)F)C(F)(F)F)C(F)(F)F. The molecule has 32 heavy (non-hydrogen) atoms. The topological polar surface area (TPSA) is 38.7 Å². The van der Waals surface area contributed by atoms with Crippen LogP contribution in [0, 0.1) is 0 Å². The maximum Gasteiger partial charge on any atom is 0.462 e. The predicted octanol–water partition coefficient (Wildman–Crippen LogP) is 6.05. The van der Waals surface area contributed by atoms with E-state index in [1.54, 1.807) is 0 Å². The second-order valence-corrected chi connectivity index (χ2v) is 7.37. The van der Waals surface area contributed by atoms with Crippen LogP contribution in [-0.2, 0) is 9.47 Å². The summed E-state index contributed by atoms with van der Waals surface area (Å²) in [7, 11) is 0. The molecule has 0 spiro atoms. The van der Waals surface area contributed by atoms with Crippen molar-refractivity contribution in [2.75, 3.05) is 6.61 Å². The molecular formula is C11H6F17IO3. The van der Waals surface area contributed by atoms with Gasteiger partial charge in [-0.05, 0) is 0 Å². The summed E-state index contributed by atoms with van der Waals surface area (Å²) in [6.45, 7) is -1.50. The average Bonchev–Trinajstić information content (AvgIpc) is 2.49. The second kappa shape index (κ2) is 8.89. The maximum absolute atomic E-state index is 14.0. The molecule has 0 amide bonds. The highest BCUT2D eigenvalue weighted by atomic mass is 127. The van der Waals surface area contributed by atoms with Crippen molar-refractivity contribution in [3.8, 4) is 0 Å². The van der Waals surface area contributed by atoms with Crippen LogP contribution in [0.2, 0.25) is 0 Å². The van der Waals surface area contributed by atoms with Crippen molar-refractivity contribution in [1.29, 1.82) is 0 Å². The summed E-state index contributed by atoms with van der Waals surface area (Å²) in [6, 6.07) is 0. The number of hydrogen-bond acceptors (Lipinski definition) is 3. The zero-order chi connectivity index (χ0) is 26.4. The second-order valence-electron chi connectivity index (χ2n) is 5.61. The summed E-state index contributed by atoms with van der Waals surface area (Å²) >= 11 is 0.694. The van der Waals surface area contributed by atoms with Crippen molar-refractivity contribution in [1.82, 2.24) is 0 Å². The molecule has 3 unspecified atom stereocenters. The van der Waals surface area contributed by atoms with E-state index < -0.39 is 65.3 Å². The Morgan fingerprint density at radius 2 is 1.00 bits per heavy atom. The highest BCUT2D eigenvalue weighted by Gasteiger charge is 2.85. The minimum absolute atomic E-state index is 0.694. The van der Waals surface area contributed by atoms with Crippen molar-refractivity contribution < 1.29 is 89.2 Å². The first kappa shape index (κ1) is 31.4. The van der Waals surface area contributed by atoms with E-state index >= 15 is 0 Å². The Balaban J connectivity index is 6.60. The van der Waals surface area contributed by atoms with Crippen molar-refractivity contribution >= 4 is 22.6 Å². The van der Waals surface area contributed by atoms with Gasteiger partial charge < -0.3 is 5.11 Å². The molecule has 0 radical (unpaired) electrons. The van der Waals surface area contributed by atoms with Gasteiger partial charge in [-0.3, -0.25) is 9.47 Å². The van der Waals surface area contributed by atoms with E-state index in [0.717, 1.165) is 0 Å². The van der Waals surface area contributed by atoms with Crippen molar-refractivity contribution in [2.24, 2.45) is 0 Å². The number of alkyl halides is 18. The van der Waals surface area contributed by atoms with Gasteiger partial charge in [0.25, 0.3) is 0 Å². The van der Waals surface area contributed by atoms with Gasteiger partial charge in [-0.2, -0.15) is 70.2 Å². The Morgan fingerprint density at radius 1 is 0.594 bits per heavy atom. The lowest BCUT2D eigenvalue weighted by molar-refractivity contribution is -0.552. The molecule has 3 atom stereocenters. The lowest BCUT2D eigenvalue weighted by atomic mass is 10.1. The first-order valence-corrected chi connectivity index (χ1v) is 8.23. The highest BCUT2D eigenvalue weighted by molar-refractivity contribution is 14.1. The number of hydrogen-bond donors (Lipinski definition) is 1. The van der Waals surface area contributed by atoms with Crippen LogP contribution in [0.15, 0.2) is 0 Å². The van der Waals surface area contributed by atoms with Crippen molar-refractivity contribution in [3.63, 3.8) is 0 Å². The van der Waals surface area contributed by atoms with Crippen molar-refractivity contribution in [3.05, 3.63) is 0 Å². The average molecular weight is 636 g/mol. The monoisotopic (exact) mass is 636 g/mol. The van der Waals surface area contributed by atoms with E-state index in [1.807, 2.05) is 0 Å². The van der Waals surface area contributed by atoms with Gasteiger partial charge in [0.05, 0.1) is 6.61 Å². The molecule has 0 aliphatic carbocycles. The van der Waals surface area contributed by atoms with Gasteiger partial charge in [-0.15, -0.1) is 0 Å². The fourth-order valence-electron chi connectivity index (χ4n) is 1.52. The number of halogens is 18. The Kier molecular flexibility index (Phi) is 8.73. The summed E-state index contributed by atoms with van der Waals surface area (Å²) < 4.78 is 220. The minimum atomic E-state index is -7.89. The third-order valence-electron chi connectivity index (χ3n) is 3.12. The molecule has 0 aliphatic rings. The Bertz CT molecular complexity index is 643. The third-order valence-corrected chi connectivity index (χ3v) is 3.96. The molecule has 0 aromatic heterocycles. The molecule has 21 heteroatoms. The summed E-state index contributed by atoms with van der Waals surface area (Å²) in [6.07, 6.45) is -40.2. The summed E-state index contributed by atoms with van der Waals surface area (Å²) in [5.41, 5.74) is 0. The van der Waals surface area contributed by atoms with E-state index in [1.165, 1.54) is 4.74 Å². The molecule has 0 bridgehead atoms. The van der Waals surface area contributed by atoms with Crippen molar-refractivity contribution in [2.45, 2.75) is 58.7 Å². The predicted molar refractivity (Wildman–Crippen MR) is 72.4 cm³/mol. The quantitative estimate of drug-likeness (QED) is 0.191. The van der Waals surface area contributed by atoms with Crippen LogP contribution in [0.25, 0.3) is 0 Å². The molecule has 0 saturated carbocycles. The largest absolute Gasteiger partial charge is 0.462 e. The Labute approximate surface area is 177 Å². The molecule has 3 nitrogen and oxygen atoms in total. The van der Waals surface area contributed by atoms with Gasteiger partial charge in [-0.1, -0.05) is 22.6 Å². The van der Waals surface area contributed by atoms with Crippen LogP contribution in [0.4, 0.5) is 74.6 Å². The molecular weight excluding hydrogens is 630 g/mol. The molecule has 194 valence electrons. The highest BCUT2D eigenvalue weighted by Crippen LogP contribution is 2.57. The first-order valence-electron chi connectivity index (χ1n) is 6.98. The fraction of sp³-hybridized carbons (Fsp3) is 1.00. The number of rotatable bonds is 9. The fourth-order valence-corrected chi connectivity index (χ4v) is 2.09. The van der Waals surface area contributed by atoms with E-state index in [-0.39, 0.29) is 0 Å². The van der Waals surface area contributed by atoms with Gasteiger partial charge in [-0.25, -0.2) is 4.39 Å². The van der Waals surface area contributed by atoms with E-state index in [4.69, 9.17) is 5.11 Å². The minimum Gasteiger partial charge on any atom is -0.395 e. The lowest BCUT2D eigenvalue weighted by Gasteiger charge is -2.40. The Morgan fingerprint density at radius 3 is 1.28 bits per heavy atom. The molecule has 0 heterocycles. The van der Waals surface area contributed by atoms with Crippen LogP contribution in [0.5, 0.6) is 0 Å². The van der Waals surface area contributed by atoms with Crippen LogP contribution in [-0.4, -0.2) is 64.0 Å². The molecule has 0 aromatic carbocycles. The first-order chi connectivity index (χ1) is 13.6. The molecule has 0 aliphatic heterocycles. The number of ether oxygens (including phenoxy) is 2. The normalized spacial score (nSPS) is 20.0. The van der Waals surface area contributed by atoms with Gasteiger partial charge in [0.15, 0.2) is 0 Å². The summed E-state index contributed by atoms with van der Waals surface area (Å²) in [4.78, 5) is 0. The standard InChI is InChI=1S/C11H6F17IO3/c12-4(7(16,17)18,1-3(29)2-30)31-11(27,28)6(15,9(22,23)24)32-10(25,26)5(13,14)8(19,20)21/h3,30H,1-2H2. The van der Waals surface area contributed by atoms with E-state index in [9.17, 15) is 74.6 Å². The van der Waals surface area contributed by atoms with Crippen LogP contribution in [0.1, 0.15) is 6.42 Å². The summed E-state index contributed by atoms with van der Waals surface area (Å²) in [5.74, 6) is -21.8. The molecule has 0 fully saturated rings. The van der Waals surface area contributed by atoms with Crippen LogP contribution < -0.4 is 0 Å². The van der Waals surface area contributed by atoms with Gasteiger partial charge in [0.2, 0.25) is 0 Å². The van der Waals surface area contributed by atoms with Gasteiger partial charge in [0, 0.05) is 10.3 Å². The molecule has 1 N–H and O–H groups in total. The Hall–Kier alpha value is -0.580. The third kappa shape index (κ3) is 5.91. The number of aliphatic hydroxyl groups excluding tert-OH is 1. The number of aliphatic hydroxyl groups is 1. The van der Waals surface area contributed by atoms with Crippen LogP contribution in [0.3, 0.4) is 0 Å². The maximum atomic E-state index is 14.0. The molecule has 0 aromatic rings. The smallest absolute Gasteiger partial charge is 0.395 e. The van der Waals surface area contributed by atoms with E-state index in [2.05, 4.69) is 4.74 Å². The summed E-state index contributed by atoms with van der Waals surface area (Å²) in [5, 5.41) is 8.52. The van der Waals surface area contributed by atoms with Gasteiger partial charge >= 0.3 is 48.4 Å². The van der Waals surface area contributed by atoms with Crippen LogP contribution >= 0.6 is 22.6 Å². The molecule has 0 saturated heterocycles. The lowest BCUT2D eigenvalue weighted by Crippen LogP contribution is -2.67. The van der Waals surface area contributed by atoms with E-state index in [0.29, 0.717) is 22.6 Å². The van der Waals surface area contributed by atoms with Gasteiger partial charge in [0.1, 0.15) is 0 Å². The molecule has 0 rings (SSSR count).